The molecule has 1 aromatic rings. The molecule has 0 bridgehead atoms. The molecule has 4 atom stereocenters. The molecule has 2 heterocycles. The third-order valence-electron chi connectivity index (χ3n) is 11.1. The van der Waals surface area contributed by atoms with Gasteiger partial charge in [0.1, 0.15) is 24.2 Å². The first-order valence-electron chi connectivity index (χ1n) is 16.3. The molecule has 2 aliphatic rings. The van der Waals surface area contributed by atoms with Gasteiger partial charge in [0.05, 0.1) is 13.2 Å². The average Bonchev–Trinajstić information content (AvgIpc) is 2.95. The number of amides is 4. The standard InChI is InChI=1S/C34H58N4O6Si2/c1-33(2,3)45(11,12)43-21-27-31(41)35(7)25(29(39)37(27)9)19-23-15-17-24(18-16-23)20-26-30(40)38(10)28(32(42)36(26)8)22-44-46(13,14)34(4,5)6/h15-18,25-28H,19-22H2,1-14H3. The van der Waals surface area contributed by atoms with Crippen molar-refractivity contribution in [3.05, 3.63) is 35.4 Å². The normalized spacial score (nSPS) is 24.0. The van der Waals surface area contributed by atoms with E-state index in [1.54, 1.807) is 38.0 Å². The summed E-state index contributed by atoms with van der Waals surface area (Å²) in [6.07, 6.45) is 0.752. The molecule has 2 fully saturated rings. The Bertz CT molecular complexity index is 1200. The van der Waals surface area contributed by atoms with Crippen LogP contribution in [0.2, 0.25) is 36.3 Å². The van der Waals surface area contributed by atoms with Crippen molar-refractivity contribution in [2.24, 2.45) is 0 Å². The molecule has 258 valence electrons. The lowest BCUT2D eigenvalue weighted by Crippen LogP contribution is -2.64. The lowest BCUT2D eigenvalue weighted by molar-refractivity contribution is -0.159. The number of benzene rings is 1. The van der Waals surface area contributed by atoms with E-state index < -0.39 is 40.8 Å². The smallest absolute Gasteiger partial charge is 0.248 e. The molecule has 0 radical (unpaired) electrons. The van der Waals surface area contributed by atoms with Gasteiger partial charge in [-0.2, -0.15) is 0 Å². The molecule has 3 rings (SSSR count). The highest BCUT2D eigenvalue weighted by Gasteiger charge is 2.46. The van der Waals surface area contributed by atoms with Gasteiger partial charge in [-0.3, -0.25) is 19.2 Å². The van der Waals surface area contributed by atoms with Gasteiger partial charge in [-0.25, -0.2) is 0 Å². The van der Waals surface area contributed by atoms with Gasteiger partial charge in [0.25, 0.3) is 0 Å². The number of piperazine rings is 2. The number of carbonyl (C=O) groups is 4. The minimum Gasteiger partial charge on any atom is -0.414 e. The van der Waals surface area contributed by atoms with Gasteiger partial charge in [0, 0.05) is 41.0 Å². The van der Waals surface area contributed by atoms with E-state index in [1.807, 2.05) is 24.3 Å². The van der Waals surface area contributed by atoms with Crippen molar-refractivity contribution in [1.82, 2.24) is 19.6 Å². The minimum absolute atomic E-state index is 0.00104. The molecular formula is C34H58N4O6Si2. The lowest BCUT2D eigenvalue weighted by Gasteiger charge is -2.44. The number of rotatable bonds is 10. The molecular weight excluding hydrogens is 617 g/mol. The molecule has 12 heteroatoms. The van der Waals surface area contributed by atoms with Gasteiger partial charge >= 0.3 is 0 Å². The molecule has 0 spiro atoms. The highest BCUT2D eigenvalue weighted by molar-refractivity contribution is 6.74. The molecule has 2 saturated heterocycles. The summed E-state index contributed by atoms with van der Waals surface area (Å²) in [5.41, 5.74) is 1.82. The summed E-state index contributed by atoms with van der Waals surface area (Å²) in [5.74, 6) is -0.470. The summed E-state index contributed by atoms with van der Waals surface area (Å²) in [5, 5.41) is 0.00207. The Morgan fingerprint density at radius 2 is 0.761 bits per heavy atom. The molecule has 0 N–H and O–H groups in total. The summed E-state index contributed by atoms with van der Waals surface area (Å²) in [4.78, 5) is 59.9. The Balaban J connectivity index is 1.65. The van der Waals surface area contributed by atoms with Crippen LogP contribution in [0, 0.1) is 0 Å². The molecule has 46 heavy (non-hydrogen) atoms. The molecule has 0 aliphatic carbocycles. The number of hydrogen-bond donors (Lipinski definition) is 0. The highest BCUT2D eigenvalue weighted by Crippen LogP contribution is 2.38. The molecule has 0 saturated carbocycles. The number of likely N-dealkylation sites (N-methyl/N-ethyl adjacent to an activating group) is 4. The van der Waals surface area contributed by atoms with E-state index in [0.717, 1.165) is 11.1 Å². The second kappa shape index (κ2) is 13.5. The topological polar surface area (TPSA) is 99.7 Å². The van der Waals surface area contributed by atoms with Crippen LogP contribution >= 0.6 is 0 Å². The minimum atomic E-state index is -2.09. The fraction of sp³-hybridized carbons (Fsp3) is 0.706. The fourth-order valence-electron chi connectivity index (χ4n) is 5.30. The van der Waals surface area contributed by atoms with Crippen LogP contribution in [0.4, 0.5) is 0 Å². The number of carbonyl (C=O) groups excluding carboxylic acids is 4. The maximum absolute atomic E-state index is 13.5. The van der Waals surface area contributed by atoms with Crippen LogP contribution in [-0.4, -0.2) is 125 Å². The Kier molecular flexibility index (Phi) is 11.1. The van der Waals surface area contributed by atoms with Crippen molar-refractivity contribution in [3.8, 4) is 0 Å². The van der Waals surface area contributed by atoms with Crippen LogP contribution < -0.4 is 0 Å². The summed E-state index contributed by atoms with van der Waals surface area (Å²) < 4.78 is 12.6. The quantitative estimate of drug-likeness (QED) is 0.346. The summed E-state index contributed by atoms with van der Waals surface area (Å²) in [6.45, 7) is 21.8. The second-order valence-corrected chi connectivity index (χ2v) is 25.8. The zero-order chi connectivity index (χ0) is 35.2. The Morgan fingerprint density at radius 3 is 1.02 bits per heavy atom. The first-order chi connectivity index (χ1) is 20.9. The van der Waals surface area contributed by atoms with Crippen molar-refractivity contribution in [3.63, 3.8) is 0 Å². The van der Waals surface area contributed by atoms with Crippen molar-refractivity contribution >= 4 is 40.3 Å². The van der Waals surface area contributed by atoms with Crippen LogP contribution in [0.3, 0.4) is 0 Å². The fourth-order valence-corrected chi connectivity index (χ4v) is 7.31. The summed E-state index contributed by atoms with van der Waals surface area (Å²) >= 11 is 0. The zero-order valence-electron chi connectivity index (χ0n) is 30.7. The predicted molar refractivity (Wildman–Crippen MR) is 186 cm³/mol. The van der Waals surface area contributed by atoms with Gasteiger partial charge in [-0.05, 0) is 47.4 Å². The van der Waals surface area contributed by atoms with Gasteiger partial charge in [-0.1, -0.05) is 65.8 Å². The van der Waals surface area contributed by atoms with E-state index >= 15 is 0 Å². The van der Waals surface area contributed by atoms with Crippen LogP contribution in [0.15, 0.2) is 24.3 Å². The van der Waals surface area contributed by atoms with E-state index in [-0.39, 0.29) is 46.9 Å². The summed E-state index contributed by atoms with van der Waals surface area (Å²) in [7, 11) is 2.57. The molecule has 0 aromatic heterocycles. The average molecular weight is 675 g/mol. The second-order valence-electron chi connectivity index (χ2n) is 16.2. The van der Waals surface area contributed by atoms with E-state index in [0.29, 0.717) is 12.8 Å². The number of nitrogens with zero attached hydrogens (tertiary/aromatic N) is 4. The van der Waals surface area contributed by atoms with Gasteiger partial charge in [-0.15, -0.1) is 0 Å². The maximum atomic E-state index is 13.5. The van der Waals surface area contributed by atoms with Gasteiger partial charge < -0.3 is 28.5 Å². The van der Waals surface area contributed by atoms with Crippen LogP contribution in [-0.2, 0) is 40.9 Å². The number of hydrogen-bond acceptors (Lipinski definition) is 6. The van der Waals surface area contributed by atoms with Crippen molar-refractivity contribution in [2.75, 3.05) is 41.4 Å². The van der Waals surface area contributed by atoms with E-state index in [4.69, 9.17) is 8.85 Å². The molecule has 4 unspecified atom stereocenters. The van der Waals surface area contributed by atoms with E-state index in [9.17, 15) is 19.2 Å². The van der Waals surface area contributed by atoms with Gasteiger partial charge in [0.2, 0.25) is 23.6 Å². The molecule has 2 aliphatic heterocycles. The SMILES string of the molecule is CN1C(=O)C(Cc2ccc(CC3C(=O)N(C)C(CO[Si](C)(C)C(C)(C)C)C(=O)N3C)cc2)N(C)C(=O)C1CO[Si](C)(C)C(C)(C)C. The van der Waals surface area contributed by atoms with E-state index in [1.165, 1.54) is 9.80 Å². The first kappa shape index (κ1) is 37.9. The maximum Gasteiger partial charge on any atom is 0.248 e. The van der Waals surface area contributed by atoms with E-state index in [2.05, 4.69) is 67.7 Å². The third kappa shape index (κ3) is 7.77. The van der Waals surface area contributed by atoms with Crippen molar-refractivity contribution < 1.29 is 28.0 Å². The largest absolute Gasteiger partial charge is 0.414 e. The monoisotopic (exact) mass is 674 g/mol. The van der Waals surface area contributed by atoms with Crippen LogP contribution in [0.25, 0.3) is 0 Å². The Labute approximate surface area is 279 Å². The Morgan fingerprint density at radius 1 is 0.522 bits per heavy atom. The highest BCUT2D eigenvalue weighted by atomic mass is 28.4. The van der Waals surface area contributed by atoms with Crippen LogP contribution in [0.5, 0.6) is 0 Å². The molecule has 1 aromatic carbocycles. The van der Waals surface area contributed by atoms with Gasteiger partial charge in [0.15, 0.2) is 16.6 Å². The third-order valence-corrected chi connectivity index (χ3v) is 20.1. The van der Waals surface area contributed by atoms with Crippen molar-refractivity contribution in [2.45, 2.75) is 115 Å². The zero-order valence-corrected chi connectivity index (χ0v) is 32.7. The first-order valence-corrected chi connectivity index (χ1v) is 22.2. The molecule has 10 nitrogen and oxygen atoms in total. The molecule has 4 amide bonds. The summed E-state index contributed by atoms with van der Waals surface area (Å²) in [6, 6.07) is 5.21. The van der Waals surface area contributed by atoms with Crippen molar-refractivity contribution in [1.29, 1.82) is 0 Å². The Hall–Kier alpha value is -2.55. The van der Waals surface area contributed by atoms with Crippen LogP contribution in [0.1, 0.15) is 52.7 Å². The lowest BCUT2D eigenvalue weighted by atomic mass is 9.95. The predicted octanol–water partition coefficient (Wildman–Crippen LogP) is 4.15.